The number of nitrogens with one attached hydrogen (secondary N) is 1. The molecule has 112 valence electrons. The third-order valence-electron chi connectivity index (χ3n) is 2.18. The molecule has 5 N–H and O–H groups in total. The fourth-order valence-corrected chi connectivity index (χ4v) is 1.16. The summed E-state index contributed by atoms with van der Waals surface area (Å²) < 4.78 is 5.53. The minimum atomic E-state index is -1.82. The van der Waals surface area contributed by atoms with Crippen LogP contribution in [0.1, 0.15) is 25.3 Å². The molecule has 0 saturated carbocycles. The van der Waals surface area contributed by atoms with Crippen LogP contribution in [0.3, 0.4) is 0 Å². The van der Waals surface area contributed by atoms with Gasteiger partial charge in [0, 0.05) is 6.54 Å². The van der Waals surface area contributed by atoms with Crippen molar-refractivity contribution in [3.63, 3.8) is 0 Å². The molecule has 0 amide bonds. The number of ether oxygens (including phenoxy) is 1. The second-order valence-corrected chi connectivity index (χ2v) is 3.84. The van der Waals surface area contributed by atoms with E-state index in [1.165, 1.54) is 0 Å². The number of nitrogens with two attached hydrogens (primary N) is 1. The quantitative estimate of drug-likeness (QED) is 0.266. The Labute approximate surface area is 117 Å². The van der Waals surface area contributed by atoms with Crippen LogP contribution < -0.4 is 16.0 Å². The maximum Gasteiger partial charge on any atom is 0.414 e. The maximum absolute atomic E-state index is 9.10. The maximum atomic E-state index is 9.10. The lowest BCUT2D eigenvalue weighted by molar-refractivity contribution is -0.159. The molecule has 0 atom stereocenters. The third kappa shape index (κ3) is 8.90. The molecule has 0 aliphatic rings. The highest BCUT2D eigenvalue weighted by Crippen LogP contribution is 2.12. The molecule has 0 fully saturated rings. The smallest absolute Gasteiger partial charge is 0.414 e. The van der Waals surface area contributed by atoms with E-state index < -0.39 is 11.9 Å². The fourth-order valence-electron chi connectivity index (χ4n) is 1.16. The molecule has 0 spiro atoms. The first-order valence-electron chi connectivity index (χ1n) is 6.12. The van der Waals surface area contributed by atoms with Crippen LogP contribution in [-0.4, -0.2) is 28.8 Å². The highest BCUT2D eigenvalue weighted by Gasteiger charge is 2.04. The lowest BCUT2D eigenvalue weighted by Crippen LogP contribution is -2.20. The number of hydrazine groups is 1. The van der Waals surface area contributed by atoms with E-state index in [2.05, 4.69) is 12.3 Å². The first-order valence-corrected chi connectivity index (χ1v) is 6.12. The summed E-state index contributed by atoms with van der Waals surface area (Å²) in [4.78, 5) is 18.2. The summed E-state index contributed by atoms with van der Waals surface area (Å²) >= 11 is 0. The Morgan fingerprint density at radius 2 is 1.75 bits per heavy atom. The Balaban J connectivity index is 0.000000511. The predicted octanol–water partition coefficient (Wildman–Crippen LogP) is 0.984. The first kappa shape index (κ1) is 17.9. The van der Waals surface area contributed by atoms with E-state index >= 15 is 0 Å². The van der Waals surface area contributed by atoms with Crippen LogP contribution in [0, 0.1) is 0 Å². The molecule has 0 aliphatic carbocycles. The number of aliphatic carboxylic acids is 2. The number of carboxylic acid groups (broad SMARTS) is 2. The van der Waals surface area contributed by atoms with Gasteiger partial charge in [-0.15, -0.1) is 0 Å². The Kier molecular flexibility index (Phi) is 9.63. The Morgan fingerprint density at radius 1 is 1.20 bits per heavy atom. The Hall–Kier alpha value is -2.12. The first-order chi connectivity index (χ1) is 9.51. The van der Waals surface area contributed by atoms with Gasteiger partial charge in [-0.25, -0.2) is 9.59 Å². The number of hydrogen-bond acceptors (Lipinski definition) is 5. The van der Waals surface area contributed by atoms with Gasteiger partial charge < -0.3 is 14.9 Å². The average molecular weight is 284 g/mol. The molecule has 1 aromatic carbocycles. The summed E-state index contributed by atoms with van der Waals surface area (Å²) in [7, 11) is 0. The fraction of sp³-hybridized carbons (Fsp3) is 0.385. The Morgan fingerprint density at radius 3 is 2.15 bits per heavy atom. The van der Waals surface area contributed by atoms with E-state index in [0.717, 1.165) is 30.8 Å². The Bertz CT molecular complexity index is 394. The summed E-state index contributed by atoms with van der Waals surface area (Å²) in [6.45, 7) is 3.64. The van der Waals surface area contributed by atoms with Gasteiger partial charge in [-0.2, -0.15) is 0 Å². The summed E-state index contributed by atoms with van der Waals surface area (Å²) in [5.74, 6) is 2.50. The monoisotopic (exact) mass is 284 g/mol. The van der Waals surface area contributed by atoms with Gasteiger partial charge in [-0.3, -0.25) is 11.3 Å². The van der Waals surface area contributed by atoms with E-state index in [4.69, 9.17) is 30.4 Å². The minimum absolute atomic E-state index is 0.690. The van der Waals surface area contributed by atoms with Crippen molar-refractivity contribution in [2.24, 2.45) is 5.84 Å². The normalized spacial score (nSPS) is 9.30. The van der Waals surface area contributed by atoms with Crippen LogP contribution in [0.5, 0.6) is 5.75 Å². The molecular formula is C13H20N2O5. The number of carbonyl (C=O) groups is 2. The minimum Gasteiger partial charge on any atom is -0.494 e. The molecule has 0 heterocycles. The molecular weight excluding hydrogens is 264 g/mol. The van der Waals surface area contributed by atoms with Crippen molar-refractivity contribution in [2.45, 2.75) is 26.3 Å². The van der Waals surface area contributed by atoms with Crippen molar-refractivity contribution in [2.75, 3.05) is 6.61 Å². The number of rotatable bonds is 6. The van der Waals surface area contributed by atoms with Gasteiger partial charge in [0.25, 0.3) is 0 Å². The van der Waals surface area contributed by atoms with Gasteiger partial charge in [0.15, 0.2) is 0 Å². The molecule has 0 aliphatic heterocycles. The van der Waals surface area contributed by atoms with Gasteiger partial charge in [-0.05, 0) is 24.1 Å². The number of carboxylic acids is 2. The SMILES string of the molecule is CCCCOc1ccc(CNN)cc1.O=C(O)C(=O)O. The van der Waals surface area contributed by atoms with Gasteiger partial charge in [0.1, 0.15) is 5.75 Å². The number of unbranched alkanes of at least 4 members (excludes halogenated alkanes) is 1. The second-order valence-electron chi connectivity index (χ2n) is 3.84. The highest BCUT2D eigenvalue weighted by molar-refractivity contribution is 6.27. The van der Waals surface area contributed by atoms with E-state index in [0.29, 0.717) is 6.54 Å². The van der Waals surface area contributed by atoms with E-state index in [1.54, 1.807) is 0 Å². The van der Waals surface area contributed by atoms with Gasteiger partial charge in [0.05, 0.1) is 6.61 Å². The zero-order valence-corrected chi connectivity index (χ0v) is 11.3. The summed E-state index contributed by atoms with van der Waals surface area (Å²) in [5.41, 5.74) is 3.78. The number of hydrogen-bond donors (Lipinski definition) is 4. The summed E-state index contributed by atoms with van der Waals surface area (Å²) in [6.07, 6.45) is 2.27. The van der Waals surface area contributed by atoms with Crippen LogP contribution in [-0.2, 0) is 16.1 Å². The van der Waals surface area contributed by atoms with Crippen molar-refractivity contribution in [1.82, 2.24) is 5.43 Å². The second kappa shape index (κ2) is 10.8. The van der Waals surface area contributed by atoms with E-state index in [1.807, 2.05) is 24.3 Å². The highest BCUT2D eigenvalue weighted by atomic mass is 16.5. The standard InChI is InChI=1S/C11H18N2O.C2H2O4/c1-2-3-8-14-11-6-4-10(5-7-11)9-13-12;3-1(4)2(5)6/h4-7,13H,2-3,8-9,12H2,1H3;(H,3,4)(H,5,6). The largest absolute Gasteiger partial charge is 0.494 e. The van der Waals surface area contributed by atoms with Crippen molar-refractivity contribution in [3.05, 3.63) is 29.8 Å². The molecule has 0 unspecified atom stereocenters. The molecule has 1 rings (SSSR count). The van der Waals surface area contributed by atoms with Crippen molar-refractivity contribution in [3.8, 4) is 5.75 Å². The molecule has 1 aromatic rings. The molecule has 0 aromatic heterocycles. The van der Waals surface area contributed by atoms with Crippen molar-refractivity contribution in [1.29, 1.82) is 0 Å². The predicted molar refractivity (Wildman–Crippen MR) is 73.1 cm³/mol. The summed E-state index contributed by atoms with van der Waals surface area (Å²) in [5, 5.41) is 14.8. The molecule has 0 bridgehead atoms. The van der Waals surface area contributed by atoms with Crippen molar-refractivity contribution < 1.29 is 24.5 Å². The van der Waals surface area contributed by atoms with Crippen molar-refractivity contribution >= 4 is 11.9 Å². The molecule has 7 nitrogen and oxygen atoms in total. The van der Waals surface area contributed by atoms with Crippen LogP contribution in [0.25, 0.3) is 0 Å². The van der Waals surface area contributed by atoms with Crippen LogP contribution >= 0.6 is 0 Å². The zero-order valence-electron chi connectivity index (χ0n) is 11.3. The summed E-state index contributed by atoms with van der Waals surface area (Å²) in [6, 6.07) is 7.98. The lowest BCUT2D eigenvalue weighted by Gasteiger charge is -2.06. The molecule has 7 heteroatoms. The van der Waals surface area contributed by atoms with Gasteiger partial charge >= 0.3 is 11.9 Å². The van der Waals surface area contributed by atoms with Gasteiger partial charge in [-0.1, -0.05) is 25.5 Å². The zero-order chi connectivity index (χ0) is 15.4. The lowest BCUT2D eigenvalue weighted by atomic mass is 10.2. The molecule has 0 saturated heterocycles. The van der Waals surface area contributed by atoms with Crippen LogP contribution in [0.4, 0.5) is 0 Å². The van der Waals surface area contributed by atoms with E-state index in [9.17, 15) is 0 Å². The van der Waals surface area contributed by atoms with Gasteiger partial charge in [0.2, 0.25) is 0 Å². The average Bonchev–Trinajstić information content (AvgIpc) is 2.42. The topological polar surface area (TPSA) is 122 Å². The van der Waals surface area contributed by atoms with E-state index in [-0.39, 0.29) is 0 Å². The third-order valence-corrected chi connectivity index (χ3v) is 2.18. The molecule has 0 radical (unpaired) electrons. The van der Waals surface area contributed by atoms with Crippen LogP contribution in [0.15, 0.2) is 24.3 Å². The number of benzene rings is 1. The van der Waals surface area contributed by atoms with Crippen LogP contribution in [0.2, 0.25) is 0 Å². The molecule has 20 heavy (non-hydrogen) atoms.